The van der Waals surface area contributed by atoms with Crippen molar-refractivity contribution in [1.29, 1.82) is 0 Å². The molecule has 1 saturated heterocycles. The van der Waals surface area contributed by atoms with Crippen LogP contribution in [0.5, 0.6) is 0 Å². The van der Waals surface area contributed by atoms with E-state index in [2.05, 4.69) is 20.5 Å². The molecule has 0 bridgehead atoms. The molecular formula is C20H28N6O. The minimum Gasteiger partial charge on any atom is -0.383 e. The van der Waals surface area contributed by atoms with Crippen LogP contribution in [0, 0.1) is 5.92 Å². The highest BCUT2D eigenvalue weighted by molar-refractivity contribution is 5.59. The van der Waals surface area contributed by atoms with Crippen molar-refractivity contribution < 1.29 is 4.74 Å². The number of pyridine rings is 1. The van der Waals surface area contributed by atoms with E-state index in [4.69, 9.17) is 14.7 Å². The number of rotatable bonds is 7. The zero-order valence-electron chi connectivity index (χ0n) is 15.9. The second-order valence-electron chi connectivity index (χ2n) is 7.32. The lowest BCUT2D eigenvalue weighted by molar-refractivity contribution is 0.159. The second kappa shape index (κ2) is 8.73. The Bertz CT molecular complexity index is 754. The van der Waals surface area contributed by atoms with Crippen molar-refractivity contribution in [2.45, 2.75) is 19.4 Å². The van der Waals surface area contributed by atoms with Gasteiger partial charge in [-0.2, -0.15) is 0 Å². The summed E-state index contributed by atoms with van der Waals surface area (Å²) in [4.78, 5) is 16.4. The molecule has 7 heteroatoms. The molecule has 1 unspecified atom stereocenters. The van der Waals surface area contributed by atoms with Gasteiger partial charge in [0.25, 0.3) is 0 Å². The zero-order valence-corrected chi connectivity index (χ0v) is 15.9. The Morgan fingerprint density at radius 3 is 3.19 bits per heavy atom. The number of hydrogen-bond donors (Lipinski definition) is 2. The number of fused-ring (bicyclic) bond motifs is 1. The van der Waals surface area contributed by atoms with Gasteiger partial charge >= 0.3 is 0 Å². The van der Waals surface area contributed by atoms with E-state index in [1.54, 1.807) is 13.3 Å². The number of aromatic nitrogens is 3. The van der Waals surface area contributed by atoms with Gasteiger partial charge in [0.1, 0.15) is 5.82 Å². The van der Waals surface area contributed by atoms with Gasteiger partial charge in [-0.05, 0) is 44.0 Å². The van der Waals surface area contributed by atoms with Crippen molar-refractivity contribution in [3.63, 3.8) is 0 Å². The minimum absolute atomic E-state index is 0.649. The molecule has 27 heavy (non-hydrogen) atoms. The van der Waals surface area contributed by atoms with Gasteiger partial charge in [-0.15, -0.1) is 0 Å². The molecule has 0 radical (unpaired) electrons. The summed E-state index contributed by atoms with van der Waals surface area (Å²) in [6, 6.07) is 3.94. The number of likely N-dealkylation sites (tertiary alicyclic amines) is 1. The molecule has 144 valence electrons. The molecule has 1 fully saturated rings. The van der Waals surface area contributed by atoms with E-state index in [0.29, 0.717) is 5.92 Å². The highest BCUT2D eigenvalue weighted by Crippen LogP contribution is 2.25. The van der Waals surface area contributed by atoms with Crippen LogP contribution in [0.25, 0.3) is 11.4 Å². The molecule has 0 spiro atoms. The molecule has 7 nitrogen and oxygen atoms in total. The van der Waals surface area contributed by atoms with Crippen molar-refractivity contribution in [2.75, 3.05) is 51.8 Å². The van der Waals surface area contributed by atoms with E-state index in [1.165, 1.54) is 12.0 Å². The predicted octanol–water partition coefficient (Wildman–Crippen LogP) is 1.56. The molecule has 2 aromatic heterocycles. The monoisotopic (exact) mass is 368 g/mol. The molecule has 0 amide bonds. The third-order valence-electron chi connectivity index (χ3n) is 5.40. The van der Waals surface area contributed by atoms with E-state index < -0.39 is 0 Å². The van der Waals surface area contributed by atoms with Gasteiger partial charge in [-0.3, -0.25) is 4.98 Å². The maximum absolute atomic E-state index is 5.20. The van der Waals surface area contributed by atoms with Crippen LogP contribution < -0.4 is 10.6 Å². The zero-order chi connectivity index (χ0) is 18.5. The van der Waals surface area contributed by atoms with Gasteiger partial charge in [-0.25, -0.2) is 9.97 Å². The Morgan fingerprint density at radius 2 is 2.33 bits per heavy atom. The normalized spacial score (nSPS) is 19.8. The van der Waals surface area contributed by atoms with E-state index in [0.717, 1.165) is 75.2 Å². The van der Waals surface area contributed by atoms with Crippen molar-refractivity contribution in [1.82, 2.24) is 25.2 Å². The van der Waals surface area contributed by atoms with Crippen LogP contribution in [0.2, 0.25) is 0 Å². The lowest BCUT2D eigenvalue weighted by atomic mass is 10.1. The van der Waals surface area contributed by atoms with Crippen molar-refractivity contribution >= 4 is 5.82 Å². The molecule has 2 aliphatic rings. The second-order valence-corrected chi connectivity index (χ2v) is 7.32. The lowest BCUT2D eigenvalue weighted by Gasteiger charge is -2.22. The number of anilines is 1. The highest BCUT2D eigenvalue weighted by atomic mass is 16.5. The summed E-state index contributed by atoms with van der Waals surface area (Å²) in [7, 11) is 1.77. The number of hydrogen-bond acceptors (Lipinski definition) is 7. The van der Waals surface area contributed by atoms with E-state index >= 15 is 0 Å². The smallest absolute Gasteiger partial charge is 0.163 e. The fraction of sp³-hybridized carbons (Fsp3) is 0.550. The molecule has 0 aliphatic carbocycles. The lowest BCUT2D eigenvalue weighted by Crippen LogP contribution is -2.28. The minimum atomic E-state index is 0.649. The van der Waals surface area contributed by atoms with E-state index in [-0.39, 0.29) is 0 Å². The van der Waals surface area contributed by atoms with Gasteiger partial charge in [-0.1, -0.05) is 0 Å². The van der Waals surface area contributed by atoms with Crippen LogP contribution in [0.3, 0.4) is 0 Å². The third-order valence-corrected chi connectivity index (χ3v) is 5.40. The number of methoxy groups -OCH3 is 1. The molecule has 0 saturated carbocycles. The average molecular weight is 368 g/mol. The van der Waals surface area contributed by atoms with Gasteiger partial charge in [0.15, 0.2) is 5.82 Å². The summed E-state index contributed by atoms with van der Waals surface area (Å²) in [5, 5.41) is 7.06. The van der Waals surface area contributed by atoms with Crippen LogP contribution >= 0.6 is 0 Å². The quantitative estimate of drug-likeness (QED) is 0.768. The summed E-state index contributed by atoms with van der Waals surface area (Å²) >= 11 is 0. The standard InChI is InChI=1S/C20H28N6O/c1-27-10-9-26-8-5-15(14-26)11-23-20-17-4-7-22-13-18(17)24-19(25-20)16-3-2-6-21-12-16/h2-3,6,12,15,22H,4-5,7-11,13-14H2,1H3,(H,23,24,25). The summed E-state index contributed by atoms with van der Waals surface area (Å²) < 4.78 is 5.20. The first kappa shape index (κ1) is 18.3. The summed E-state index contributed by atoms with van der Waals surface area (Å²) in [6.07, 6.45) is 5.79. The first-order chi connectivity index (χ1) is 13.3. The van der Waals surface area contributed by atoms with E-state index in [1.807, 2.05) is 18.3 Å². The number of nitrogens with one attached hydrogen (secondary N) is 2. The number of nitrogens with zero attached hydrogens (tertiary/aromatic N) is 4. The maximum Gasteiger partial charge on any atom is 0.163 e. The molecule has 4 heterocycles. The van der Waals surface area contributed by atoms with Gasteiger partial charge in [0.05, 0.1) is 12.3 Å². The molecule has 2 N–H and O–H groups in total. The average Bonchev–Trinajstić information content (AvgIpc) is 3.18. The third kappa shape index (κ3) is 4.43. The Labute approximate surface area is 160 Å². The molecule has 1 atom stereocenters. The largest absolute Gasteiger partial charge is 0.383 e. The van der Waals surface area contributed by atoms with Crippen LogP contribution in [0.4, 0.5) is 5.82 Å². The Hall–Kier alpha value is -2.09. The summed E-state index contributed by atoms with van der Waals surface area (Å²) in [6.45, 7) is 6.84. The van der Waals surface area contributed by atoms with E-state index in [9.17, 15) is 0 Å². The summed E-state index contributed by atoms with van der Waals surface area (Å²) in [5.74, 6) is 2.40. The van der Waals surface area contributed by atoms with Crippen LogP contribution in [0.15, 0.2) is 24.5 Å². The van der Waals surface area contributed by atoms with Crippen molar-refractivity contribution in [3.05, 3.63) is 35.8 Å². The number of ether oxygens (including phenoxy) is 1. The first-order valence-corrected chi connectivity index (χ1v) is 9.79. The van der Waals surface area contributed by atoms with Gasteiger partial charge in [0.2, 0.25) is 0 Å². The van der Waals surface area contributed by atoms with Gasteiger partial charge in [0, 0.05) is 56.8 Å². The molecule has 4 rings (SSSR count). The molecule has 0 aromatic carbocycles. The molecular weight excluding hydrogens is 340 g/mol. The molecule has 2 aromatic rings. The fourth-order valence-electron chi connectivity index (χ4n) is 3.87. The van der Waals surface area contributed by atoms with Gasteiger partial charge < -0.3 is 20.3 Å². The highest BCUT2D eigenvalue weighted by Gasteiger charge is 2.23. The fourth-order valence-corrected chi connectivity index (χ4v) is 3.87. The van der Waals surface area contributed by atoms with Crippen LogP contribution in [0.1, 0.15) is 17.7 Å². The molecule has 2 aliphatic heterocycles. The van der Waals surface area contributed by atoms with Crippen molar-refractivity contribution in [2.24, 2.45) is 5.92 Å². The Kier molecular flexibility index (Phi) is 5.91. The SMILES string of the molecule is COCCN1CCC(CNc2nc(-c3cccnc3)nc3c2CCNC3)C1. The topological polar surface area (TPSA) is 75.2 Å². The Morgan fingerprint density at radius 1 is 1.37 bits per heavy atom. The Balaban J connectivity index is 1.48. The van der Waals surface area contributed by atoms with Crippen LogP contribution in [-0.2, 0) is 17.7 Å². The summed E-state index contributed by atoms with van der Waals surface area (Å²) in [5.41, 5.74) is 3.32. The predicted molar refractivity (Wildman–Crippen MR) is 106 cm³/mol. The van der Waals surface area contributed by atoms with Crippen molar-refractivity contribution in [3.8, 4) is 11.4 Å². The van der Waals surface area contributed by atoms with Crippen LogP contribution in [-0.4, -0.2) is 66.3 Å². The first-order valence-electron chi connectivity index (χ1n) is 9.79. The maximum atomic E-state index is 5.20.